The molecule has 0 fully saturated rings. The summed E-state index contributed by atoms with van der Waals surface area (Å²) in [5, 5.41) is 26.3. The van der Waals surface area contributed by atoms with E-state index in [1.165, 1.54) is 0 Å². The van der Waals surface area contributed by atoms with Gasteiger partial charge >= 0.3 is 0 Å². The second kappa shape index (κ2) is 7.32. The van der Waals surface area contributed by atoms with E-state index in [9.17, 15) is 0 Å². The van der Waals surface area contributed by atoms with Crippen LogP contribution < -0.4 is 0 Å². The average Bonchev–Trinajstić information content (AvgIpc) is 2.15. The molecule has 0 bridgehead atoms. The van der Waals surface area contributed by atoms with Crippen LogP contribution in [0.2, 0.25) is 0 Å². The molecule has 0 radical (unpaired) electrons. The van der Waals surface area contributed by atoms with Gasteiger partial charge in [0.1, 0.15) is 5.85 Å². The van der Waals surface area contributed by atoms with Gasteiger partial charge in [-0.25, -0.2) is 0 Å². The van der Waals surface area contributed by atoms with E-state index in [0.717, 1.165) is 5.56 Å². The van der Waals surface area contributed by atoms with Crippen molar-refractivity contribution in [2.45, 2.75) is 18.3 Å². The predicted molar refractivity (Wildman–Crippen MR) is 63.0 cm³/mol. The molecule has 0 aliphatic rings. The Balaban J connectivity index is 0.00000169. The fourth-order valence-corrected chi connectivity index (χ4v) is 1.82. The molecule has 14 heavy (non-hydrogen) atoms. The van der Waals surface area contributed by atoms with Gasteiger partial charge in [0.15, 0.2) is 6.29 Å². The highest BCUT2D eigenvalue weighted by Crippen LogP contribution is 2.24. The Hall–Kier alpha value is 0.0100. The summed E-state index contributed by atoms with van der Waals surface area (Å²) in [6, 6.07) is 9.65. The van der Waals surface area contributed by atoms with Crippen LogP contribution in [0.5, 0.6) is 0 Å². The molecule has 3 N–H and O–H groups in total. The summed E-state index contributed by atoms with van der Waals surface area (Å²) in [7, 11) is 0.119. The van der Waals surface area contributed by atoms with Gasteiger partial charge in [-0.3, -0.25) is 0 Å². The largest absolute Gasteiger partial charge is 0.384 e. The van der Waals surface area contributed by atoms with Crippen molar-refractivity contribution in [2.75, 3.05) is 0 Å². The lowest BCUT2D eigenvalue weighted by atomic mass is 10.2. The van der Waals surface area contributed by atoms with Gasteiger partial charge in [-0.15, -0.1) is 17.0 Å². The zero-order chi connectivity index (χ0) is 9.68. The average molecular weight is 281 g/mol. The maximum absolute atomic E-state index is 9.10. The molecule has 5 heteroatoms. The van der Waals surface area contributed by atoms with Crippen LogP contribution in [0.25, 0.3) is 0 Å². The van der Waals surface area contributed by atoms with Crippen LogP contribution in [0.4, 0.5) is 0 Å². The Labute approximate surface area is 95.3 Å². The van der Waals surface area contributed by atoms with Gasteiger partial charge in [-0.1, -0.05) is 38.9 Å². The van der Waals surface area contributed by atoms with Gasteiger partial charge in [-0.2, -0.15) is 0 Å². The van der Waals surface area contributed by atoms with Crippen molar-refractivity contribution < 1.29 is 15.3 Å². The van der Waals surface area contributed by atoms with E-state index < -0.39 is 12.1 Å². The molecule has 1 rings (SSSR count). The molecule has 2 atom stereocenters. The highest BCUT2D eigenvalue weighted by atomic mass is 79.9. The Morgan fingerprint density at radius 3 is 2.14 bits per heavy atom. The number of aliphatic hydroxyl groups excluding tert-OH is 2. The number of benzene rings is 1. The second-order valence-electron chi connectivity index (χ2n) is 2.72. The first kappa shape index (κ1) is 14.0. The number of aliphatic hydroxyl groups is 3. The number of hydrogen-bond donors (Lipinski definition) is 3. The lowest BCUT2D eigenvalue weighted by Crippen LogP contribution is -2.20. The quantitative estimate of drug-likeness (QED) is 0.571. The predicted octanol–water partition coefficient (Wildman–Crippen LogP) is 1.07. The van der Waals surface area contributed by atoms with Crippen LogP contribution in [0, 0.1) is 0 Å². The SMILES string of the molecule is Br.OC(O)C(O)PCc1ccccc1. The summed E-state index contributed by atoms with van der Waals surface area (Å²) >= 11 is 0. The Bertz CT molecular complexity index is 243. The summed E-state index contributed by atoms with van der Waals surface area (Å²) in [5.74, 6) is -1.03. The molecule has 2 unspecified atom stereocenters. The number of rotatable bonds is 4. The highest BCUT2D eigenvalue weighted by molar-refractivity contribution is 8.93. The van der Waals surface area contributed by atoms with E-state index in [4.69, 9.17) is 15.3 Å². The summed E-state index contributed by atoms with van der Waals surface area (Å²) in [5.41, 5.74) is 1.10. The van der Waals surface area contributed by atoms with Crippen molar-refractivity contribution in [3.8, 4) is 0 Å². The lowest BCUT2D eigenvalue weighted by molar-refractivity contribution is -0.0898. The van der Waals surface area contributed by atoms with E-state index in [-0.39, 0.29) is 25.6 Å². The summed E-state index contributed by atoms with van der Waals surface area (Å²) < 4.78 is 0. The smallest absolute Gasteiger partial charge is 0.181 e. The molecule has 1 aromatic rings. The zero-order valence-corrected chi connectivity index (χ0v) is 10.2. The molecule has 0 saturated heterocycles. The minimum atomic E-state index is -1.62. The molecule has 0 aliphatic carbocycles. The summed E-state index contributed by atoms with van der Waals surface area (Å²) in [4.78, 5) is 0. The first-order valence-corrected chi connectivity index (χ1v) is 5.30. The van der Waals surface area contributed by atoms with E-state index in [2.05, 4.69) is 0 Å². The third-order valence-electron chi connectivity index (χ3n) is 1.64. The van der Waals surface area contributed by atoms with Gasteiger partial charge in [0.05, 0.1) is 0 Å². The fraction of sp³-hybridized carbons (Fsp3) is 0.333. The number of hydrogen-bond acceptors (Lipinski definition) is 3. The molecule has 80 valence electrons. The fourth-order valence-electron chi connectivity index (χ4n) is 0.924. The maximum Gasteiger partial charge on any atom is 0.181 e. The zero-order valence-electron chi connectivity index (χ0n) is 7.50. The molecule has 0 aromatic heterocycles. The summed E-state index contributed by atoms with van der Waals surface area (Å²) in [6.07, 6.45) is -0.943. The normalized spacial score (nSPS) is 13.1. The molecule has 1 aromatic carbocycles. The third-order valence-corrected chi connectivity index (χ3v) is 2.97. The molecule has 0 amide bonds. The van der Waals surface area contributed by atoms with Gasteiger partial charge in [0, 0.05) is 0 Å². The Morgan fingerprint density at radius 2 is 1.64 bits per heavy atom. The van der Waals surface area contributed by atoms with Gasteiger partial charge in [0.2, 0.25) is 0 Å². The minimum absolute atomic E-state index is 0. The molecule has 3 nitrogen and oxygen atoms in total. The topological polar surface area (TPSA) is 60.7 Å². The van der Waals surface area contributed by atoms with Crippen LogP contribution in [-0.4, -0.2) is 27.5 Å². The lowest BCUT2D eigenvalue weighted by Gasteiger charge is -2.11. The monoisotopic (exact) mass is 280 g/mol. The third kappa shape index (κ3) is 5.03. The van der Waals surface area contributed by atoms with Gasteiger partial charge in [0.25, 0.3) is 0 Å². The van der Waals surface area contributed by atoms with Crippen molar-refractivity contribution in [1.29, 1.82) is 0 Å². The van der Waals surface area contributed by atoms with E-state index >= 15 is 0 Å². The Morgan fingerprint density at radius 1 is 1.07 bits per heavy atom. The molecular formula is C9H14BrO3P. The van der Waals surface area contributed by atoms with Crippen molar-refractivity contribution in [3.05, 3.63) is 35.9 Å². The van der Waals surface area contributed by atoms with Crippen LogP contribution >= 0.6 is 25.6 Å². The molecule has 0 saturated carbocycles. The minimum Gasteiger partial charge on any atom is -0.384 e. The van der Waals surface area contributed by atoms with Crippen LogP contribution in [0.3, 0.4) is 0 Å². The van der Waals surface area contributed by atoms with Crippen molar-refractivity contribution in [1.82, 2.24) is 0 Å². The van der Waals surface area contributed by atoms with Crippen LogP contribution in [0.1, 0.15) is 5.56 Å². The van der Waals surface area contributed by atoms with Crippen molar-refractivity contribution >= 4 is 25.6 Å². The molecular weight excluding hydrogens is 267 g/mol. The number of halogens is 1. The second-order valence-corrected chi connectivity index (χ2v) is 4.08. The standard InChI is InChI=1S/C9H13O3P.BrH/c10-8(11)9(12)13-6-7-4-2-1-3-5-7;/h1-5,8-13H,6H2;1H. The van der Waals surface area contributed by atoms with Crippen LogP contribution in [0.15, 0.2) is 30.3 Å². The molecule has 0 heterocycles. The highest BCUT2D eigenvalue weighted by Gasteiger charge is 2.11. The Kier molecular flexibility index (Phi) is 7.33. The van der Waals surface area contributed by atoms with E-state index in [0.29, 0.717) is 6.16 Å². The maximum atomic E-state index is 9.10. The van der Waals surface area contributed by atoms with Crippen molar-refractivity contribution in [3.63, 3.8) is 0 Å². The van der Waals surface area contributed by atoms with Gasteiger partial charge < -0.3 is 15.3 Å². The van der Waals surface area contributed by atoms with Gasteiger partial charge in [-0.05, 0) is 11.7 Å². The molecule has 0 aliphatic heterocycles. The summed E-state index contributed by atoms with van der Waals surface area (Å²) in [6.45, 7) is 0. The van der Waals surface area contributed by atoms with E-state index in [1.54, 1.807) is 0 Å². The van der Waals surface area contributed by atoms with Crippen molar-refractivity contribution in [2.24, 2.45) is 0 Å². The first-order valence-electron chi connectivity index (χ1n) is 4.01. The van der Waals surface area contributed by atoms with E-state index in [1.807, 2.05) is 30.3 Å². The molecule has 0 spiro atoms. The van der Waals surface area contributed by atoms with Crippen LogP contribution in [-0.2, 0) is 6.16 Å². The first-order chi connectivity index (χ1) is 6.20.